The van der Waals surface area contributed by atoms with Crippen molar-refractivity contribution >= 4 is 21.7 Å². The molecule has 0 spiro atoms. The Balaban J connectivity index is 1.82. The number of pyridine rings is 1. The second-order valence-electron chi connectivity index (χ2n) is 5.30. The Labute approximate surface area is 127 Å². The molecule has 20 heavy (non-hydrogen) atoms. The number of hydrogen-bond donors (Lipinski definition) is 0. The first-order chi connectivity index (χ1) is 9.74. The van der Waals surface area contributed by atoms with Gasteiger partial charge in [-0.05, 0) is 57.9 Å². The molecule has 0 saturated heterocycles. The molecule has 0 saturated carbocycles. The molecule has 102 valence electrons. The van der Waals surface area contributed by atoms with Crippen molar-refractivity contribution in [1.82, 2.24) is 4.98 Å². The number of nitrogens with zero attached hydrogens (tertiary/aromatic N) is 1. The molecular formula is C17H16BrNO. The third-order valence-corrected chi connectivity index (χ3v) is 4.33. The van der Waals surface area contributed by atoms with Crippen LogP contribution in [0, 0.1) is 0 Å². The number of rotatable bonds is 3. The normalized spacial score (nSPS) is 17.6. The molecule has 0 aliphatic heterocycles. The minimum atomic E-state index is 0.0546. The number of ketones is 1. The first-order valence-corrected chi connectivity index (χ1v) is 7.73. The van der Waals surface area contributed by atoms with Gasteiger partial charge in [0.2, 0.25) is 0 Å². The Kier molecular flexibility index (Phi) is 3.97. The molecule has 1 aliphatic rings. The van der Waals surface area contributed by atoms with Crippen LogP contribution in [0.2, 0.25) is 0 Å². The molecule has 1 heterocycles. The third-order valence-electron chi connectivity index (χ3n) is 3.90. The van der Waals surface area contributed by atoms with Crippen LogP contribution in [0.15, 0.2) is 47.2 Å². The van der Waals surface area contributed by atoms with Crippen LogP contribution in [-0.2, 0) is 17.6 Å². The van der Waals surface area contributed by atoms with Crippen LogP contribution in [0.1, 0.15) is 35.4 Å². The molecule has 0 amide bonds. The van der Waals surface area contributed by atoms with Gasteiger partial charge >= 0.3 is 0 Å². The molecule has 0 fully saturated rings. The summed E-state index contributed by atoms with van der Waals surface area (Å²) < 4.78 is 0.923. The molecule has 0 bridgehead atoms. The second kappa shape index (κ2) is 5.88. The van der Waals surface area contributed by atoms with Gasteiger partial charge in [-0.25, -0.2) is 0 Å². The number of aromatic nitrogens is 1. The lowest BCUT2D eigenvalue weighted by Crippen LogP contribution is -2.20. The highest BCUT2D eigenvalue weighted by Gasteiger charge is 2.25. The van der Waals surface area contributed by atoms with Crippen molar-refractivity contribution in [2.24, 2.45) is 0 Å². The minimum Gasteiger partial charge on any atom is -0.299 e. The fourth-order valence-corrected chi connectivity index (χ4v) is 3.38. The van der Waals surface area contributed by atoms with Gasteiger partial charge in [0.15, 0.2) is 0 Å². The molecule has 1 aromatic carbocycles. The zero-order valence-electron chi connectivity index (χ0n) is 11.2. The van der Waals surface area contributed by atoms with Crippen LogP contribution in [0.25, 0.3) is 0 Å². The van der Waals surface area contributed by atoms with Crippen LogP contribution in [0.3, 0.4) is 0 Å². The lowest BCUT2D eigenvalue weighted by Gasteiger charge is -2.24. The summed E-state index contributed by atoms with van der Waals surface area (Å²) >= 11 is 3.40. The quantitative estimate of drug-likeness (QED) is 0.849. The number of carbonyl (C=O) groups is 1. The molecule has 2 nitrogen and oxygen atoms in total. The van der Waals surface area contributed by atoms with Crippen LogP contribution in [-0.4, -0.2) is 10.8 Å². The number of Topliss-reactive ketones (excluding diaryl/α,β-unsaturated/α-hetero) is 1. The van der Waals surface area contributed by atoms with E-state index >= 15 is 0 Å². The molecular weight excluding hydrogens is 314 g/mol. The number of halogens is 1. The summed E-state index contributed by atoms with van der Waals surface area (Å²) in [7, 11) is 0. The number of aryl methyl sites for hydroxylation is 1. The van der Waals surface area contributed by atoms with Crippen molar-refractivity contribution in [3.8, 4) is 0 Å². The van der Waals surface area contributed by atoms with E-state index < -0.39 is 0 Å². The van der Waals surface area contributed by atoms with Crippen molar-refractivity contribution in [3.05, 3.63) is 63.9 Å². The lowest BCUT2D eigenvalue weighted by molar-refractivity contribution is -0.120. The average molecular weight is 330 g/mol. The van der Waals surface area contributed by atoms with E-state index in [1.54, 1.807) is 12.4 Å². The maximum Gasteiger partial charge on any atom is 0.144 e. The molecule has 1 unspecified atom stereocenters. The number of benzene rings is 1. The first kappa shape index (κ1) is 13.5. The summed E-state index contributed by atoms with van der Waals surface area (Å²) in [4.78, 5) is 16.7. The Morgan fingerprint density at radius 2 is 2.15 bits per heavy atom. The number of fused-ring (bicyclic) bond motifs is 1. The summed E-state index contributed by atoms with van der Waals surface area (Å²) in [6, 6.07) is 10.3. The fraction of sp³-hybridized carbons (Fsp3) is 0.294. The third kappa shape index (κ3) is 2.83. The van der Waals surface area contributed by atoms with Crippen molar-refractivity contribution in [1.29, 1.82) is 0 Å². The van der Waals surface area contributed by atoms with Gasteiger partial charge < -0.3 is 0 Å². The average Bonchev–Trinajstić information content (AvgIpc) is 2.46. The molecule has 3 heteroatoms. The SMILES string of the molecule is O=C(Cc1cncc(Br)c1)C1CCCc2ccccc21. The zero-order valence-corrected chi connectivity index (χ0v) is 12.8. The number of hydrogen-bond acceptors (Lipinski definition) is 2. The summed E-state index contributed by atoms with van der Waals surface area (Å²) in [5, 5.41) is 0. The van der Waals surface area contributed by atoms with Gasteiger partial charge in [-0.15, -0.1) is 0 Å². The molecule has 1 atom stereocenters. The van der Waals surface area contributed by atoms with Gasteiger partial charge in [0.1, 0.15) is 5.78 Å². The molecule has 2 aromatic rings. The Hall–Kier alpha value is -1.48. The van der Waals surface area contributed by atoms with Crippen LogP contribution < -0.4 is 0 Å². The van der Waals surface area contributed by atoms with Crippen molar-refractivity contribution < 1.29 is 4.79 Å². The van der Waals surface area contributed by atoms with Crippen LogP contribution in [0.5, 0.6) is 0 Å². The highest BCUT2D eigenvalue weighted by atomic mass is 79.9. The lowest BCUT2D eigenvalue weighted by atomic mass is 9.79. The van der Waals surface area contributed by atoms with Crippen LogP contribution >= 0.6 is 15.9 Å². The van der Waals surface area contributed by atoms with Gasteiger partial charge in [0, 0.05) is 29.2 Å². The monoisotopic (exact) mass is 329 g/mol. The topological polar surface area (TPSA) is 30.0 Å². The Morgan fingerprint density at radius 1 is 1.30 bits per heavy atom. The van der Waals surface area contributed by atoms with E-state index in [9.17, 15) is 4.79 Å². The molecule has 0 N–H and O–H groups in total. The van der Waals surface area contributed by atoms with Gasteiger partial charge in [0.25, 0.3) is 0 Å². The van der Waals surface area contributed by atoms with Crippen LogP contribution in [0.4, 0.5) is 0 Å². The standard InChI is InChI=1S/C17H16BrNO/c18-14-8-12(10-19-11-14)9-17(20)16-7-3-5-13-4-1-2-6-15(13)16/h1-2,4,6,8,10-11,16H,3,5,7,9H2. The second-order valence-corrected chi connectivity index (χ2v) is 6.21. The smallest absolute Gasteiger partial charge is 0.144 e. The maximum absolute atomic E-state index is 12.6. The van der Waals surface area contributed by atoms with E-state index in [2.05, 4.69) is 39.1 Å². The largest absolute Gasteiger partial charge is 0.299 e. The predicted molar refractivity (Wildman–Crippen MR) is 82.8 cm³/mol. The summed E-state index contributed by atoms with van der Waals surface area (Å²) in [5.41, 5.74) is 3.55. The van der Waals surface area contributed by atoms with Gasteiger partial charge in [-0.3, -0.25) is 9.78 Å². The summed E-state index contributed by atoms with van der Waals surface area (Å²) in [5.74, 6) is 0.357. The van der Waals surface area contributed by atoms with E-state index in [1.165, 1.54) is 11.1 Å². The zero-order chi connectivity index (χ0) is 13.9. The minimum absolute atomic E-state index is 0.0546. The summed E-state index contributed by atoms with van der Waals surface area (Å²) in [6.45, 7) is 0. The van der Waals surface area contributed by atoms with Gasteiger partial charge in [-0.2, -0.15) is 0 Å². The molecule has 0 radical (unpaired) electrons. The van der Waals surface area contributed by atoms with E-state index in [4.69, 9.17) is 0 Å². The highest BCUT2D eigenvalue weighted by Crippen LogP contribution is 2.32. The van der Waals surface area contributed by atoms with E-state index in [-0.39, 0.29) is 5.92 Å². The maximum atomic E-state index is 12.6. The van der Waals surface area contributed by atoms with Crippen molar-refractivity contribution in [2.45, 2.75) is 31.6 Å². The Morgan fingerprint density at radius 3 is 3.00 bits per heavy atom. The first-order valence-electron chi connectivity index (χ1n) is 6.94. The van der Waals surface area contributed by atoms with Gasteiger partial charge in [0.05, 0.1) is 0 Å². The molecule has 1 aliphatic carbocycles. The van der Waals surface area contributed by atoms with E-state index in [0.717, 1.165) is 29.3 Å². The number of carbonyl (C=O) groups excluding carboxylic acids is 1. The predicted octanol–water partition coefficient (Wildman–Crippen LogP) is 4.08. The summed E-state index contributed by atoms with van der Waals surface area (Å²) in [6.07, 6.45) is 7.15. The molecule has 1 aromatic heterocycles. The van der Waals surface area contributed by atoms with Gasteiger partial charge in [-0.1, -0.05) is 24.3 Å². The van der Waals surface area contributed by atoms with Crippen molar-refractivity contribution in [3.63, 3.8) is 0 Å². The van der Waals surface area contributed by atoms with E-state index in [0.29, 0.717) is 12.2 Å². The molecule has 3 rings (SSSR count). The van der Waals surface area contributed by atoms with Crippen molar-refractivity contribution in [2.75, 3.05) is 0 Å². The van der Waals surface area contributed by atoms with E-state index in [1.807, 2.05) is 12.1 Å². The Bertz CT molecular complexity index is 638. The fourth-order valence-electron chi connectivity index (χ4n) is 2.97. The highest BCUT2D eigenvalue weighted by molar-refractivity contribution is 9.10.